The van der Waals surface area contributed by atoms with Gasteiger partial charge in [-0.15, -0.1) is 0 Å². The molecule has 0 N–H and O–H groups in total. The highest BCUT2D eigenvalue weighted by molar-refractivity contribution is 5.97. The van der Waals surface area contributed by atoms with Crippen molar-refractivity contribution in [1.29, 1.82) is 0 Å². The van der Waals surface area contributed by atoms with Crippen LogP contribution in [0.5, 0.6) is 0 Å². The van der Waals surface area contributed by atoms with Crippen molar-refractivity contribution in [1.82, 2.24) is 9.55 Å². The van der Waals surface area contributed by atoms with Crippen LogP contribution in [0.1, 0.15) is 0 Å². The summed E-state index contributed by atoms with van der Waals surface area (Å²) in [5.41, 5.74) is 9.54. The summed E-state index contributed by atoms with van der Waals surface area (Å²) in [6.07, 6.45) is 1.83. The lowest BCUT2D eigenvalue weighted by Crippen LogP contribution is -2.03. The molecule has 2 aromatic heterocycles. The molecular formula is C33H22N2O. The quantitative estimate of drug-likeness (QED) is 0.262. The van der Waals surface area contributed by atoms with E-state index in [0.29, 0.717) is 0 Å². The number of furan rings is 1. The Bertz CT molecular complexity index is 1770. The third-order valence-corrected chi connectivity index (χ3v) is 6.71. The second-order valence-electron chi connectivity index (χ2n) is 8.84. The number of benzene rings is 5. The fraction of sp³-hybridized carbons (Fsp3) is 0. The van der Waals surface area contributed by atoms with Gasteiger partial charge < -0.3 is 4.42 Å². The molecular weight excluding hydrogens is 440 g/mol. The van der Waals surface area contributed by atoms with E-state index in [0.717, 1.165) is 61.3 Å². The minimum atomic E-state index is 0.853. The van der Waals surface area contributed by atoms with Gasteiger partial charge in [-0.2, -0.15) is 0 Å². The van der Waals surface area contributed by atoms with Crippen LogP contribution in [0.25, 0.3) is 61.3 Å². The smallest absolute Gasteiger partial charge is 0.149 e. The molecule has 0 amide bonds. The van der Waals surface area contributed by atoms with Crippen molar-refractivity contribution < 1.29 is 4.42 Å². The summed E-state index contributed by atoms with van der Waals surface area (Å²) in [6.45, 7) is 0. The number of nitrogens with zero attached hydrogens (tertiary/aromatic N) is 2. The lowest BCUT2D eigenvalue weighted by molar-refractivity contribution is 0.616. The summed E-state index contributed by atoms with van der Waals surface area (Å²) in [5.74, 6) is 0.863. The number of para-hydroxylation sites is 4. The van der Waals surface area contributed by atoms with Crippen LogP contribution in [0.15, 0.2) is 138 Å². The van der Waals surface area contributed by atoms with Crippen LogP contribution in [0.4, 0.5) is 0 Å². The number of aromatic nitrogens is 2. The summed E-state index contributed by atoms with van der Waals surface area (Å²) in [6, 6.07) is 44.1. The van der Waals surface area contributed by atoms with Gasteiger partial charge in [-0.3, -0.25) is 4.57 Å². The molecule has 0 aliphatic carbocycles. The van der Waals surface area contributed by atoms with Crippen LogP contribution in [0.3, 0.4) is 0 Å². The first-order valence-corrected chi connectivity index (χ1v) is 12.1. The molecule has 0 aliphatic rings. The van der Waals surface area contributed by atoms with Gasteiger partial charge in [-0.05, 0) is 29.3 Å². The Morgan fingerprint density at radius 1 is 0.528 bits per heavy atom. The first-order valence-electron chi connectivity index (χ1n) is 12.1. The van der Waals surface area contributed by atoms with Crippen LogP contribution >= 0.6 is 0 Å². The van der Waals surface area contributed by atoms with Crippen molar-refractivity contribution >= 4 is 22.0 Å². The number of hydrogen-bond acceptors (Lipinski definition) is 2. The number of rotatable bonds is 4. The third-order valence-electron chi connectivity index (χ3n) is 6.71. The van der Waals surface area contributed by atoms with Gasteiger partial charge >= 0.3 is 0 Å². The van der Waals surface area contributed by atoms with E-state index in [9.17, 15) is 0 Å². The first kappa shape index (κ1) is 20.5. The van der Waals surface area contributed by atoms with Crippen molar-refractivity contribution in [3.63, 3.8) is 0 Å². The second-order valence-corrected chi connectivity index (χ2v) is 8.84. The Morgan fingerprint density at radius 2 is 1.14 bits per heavy atom. The van der Waals surface area contributed by atoms with Crippen LogP contribution in [-0.2, 0) is 0 Å². The maximum absolute atomic E-state index is 5.97. The molecule has 2 heterocycles. The van der Waals surface area contributed by atoms with Crippen molar-refractivity contribution in [3.05, 3.63) is 134 Å². The SMILES string of the molecule is c1ccc(-c2cccc(-c3ccccc3)c2-n2c(-c3coc4ccccc34)nc3ccccc32)cc1. The van der Waals surface area contributed by atoms with E-state index in [4.69, 9.17) is 9.40 Å². The van der Waals surface area contributed by atoms with Gasteiger partial charge in [0.1, 0.15) is 17.7 Å². The van der Waals surface area contributed by atoms with Gasteiger partial charge in [-0.1, -0.05) is 109 Å². The molecule has 0 saturated heterocycles. The number of hydrogen-bond donors (Lipinski definition) is 0. The molecule has 0 bridgehead atoms. The van der Waals surface area contributed by atoms with Crippen LogP contribution in [0.2, 0.25) is 0 Å². The van der Waals surface area contributed by atoms with E-state index in [1.54, 1.807) is 0 Å². The van der Waals surface area contributed by atoms with E-state index >= 15 is 0 Å². The monoisotopic (exact) mass is 462 g/mol. The average molecular weight is 463 g/mol. The van der Waals surface area contributed by atoms with E-state index in [1.807, 2.05) is 30.5 Å². The van der Waals surface area contributed by atoms with E-state index in [-0.39, 0.29) is 0 Å². The molecule has 0 aliphatic heterocycles. The molecule has 36 heavy (non-hydrogen) atoms. The standard InChI is InChI=1S/C33H22N2O/c1-3-12-23(13-4-1)25-17-11-18-26(24-14-5-2-6-15-24)32(25)35-30-20-9-8-19-29(30)34-33(35)28-22-36-31-21-10-7-16-27(28)31/h1-22H. The molecule has 5 aromatic carbocycles. The molecule has 170 valence electrons. The topological polar surface area (TPSA) is 31.0 Å². The lowest BCUT2D eigenvalue weighted by atomic mass is 9.95. The van der Waals surface area contributed by atoms with Crippen molar-refractivity contribution in [2.45, 2.75) is 0 Å². The Balaban J connectivity index is 1.64. The third kappa shape index (κ3) is 3.25. The molecule has 0 radical (unpaired) electrons. The highest BCUT2D eigenvalue weighted by Gasteiger charge is 2.23. The largest absolute Gasteiger partial charge is 0.464 e. The van der Waals surface area contributed by atoms with Gasteiger partial charge in [0.2, 0.25) is 0 Å². The van der Waals surface area contributed by atoms with Gasteiger partial charge in [0.05, 0.1) is 22.3 Å². The number of imidazole rings is 1. The Kier molecular flexibility index (Phi) is 4.78. The maximum Gasteiger partial charge on any atom is 0.149 e. The van der Waals surface area contributed by atoms with Crippen LogP contribution in [0, 0.1) is 0 Å². The fourth-order valence-electron chi connectivity index (χ4n) is 5.07. The molecule has 0 atom stereocenters. The van der Waals surface area contributed by atoms with Gasteiger partial charge in [-0.25, -0.2) is 4.98 Å². The fourth-order valence-corrected chi connectivity index (χ4v) is 5.07. The predicted octanol–water partition coefficient (Wildman–Crippen LogP) is 8.77. The zero-order chi connectivity index (χ0) is 23.9. The predicted molar refractivity (Wildman–Crippen MR) is 147 cm³/mol. The Morgan fingerprint density at radius 3 is 1.86 bits per heavy atom. The van der Waals surface area contributed by atoms with Gasteiger partial charge in [0, 0.05) is 16.5 Å². The highest BCUT2D eigenvalue weighted by Crippen LogP contribution is 2.41. The highest BCUT2D eigenvalue weighted by atomic mass is 16.3. The van der Waals surface area contributed by atoms with E-state index in [2.05, 4.69) is 108 Å². The minimum absolute atomic E-state index is 0.853. The second kappa shape index (κ2) is 8.40. The summed E-state index contributed by atoms with van der Waals surface area (Å²) < 4.78 is 8.27. The molecule has 0 spiro atoms. The molecule has 3 nitrogen and oxygen atoms in total. The maximum atomic E-state index is 5.97. The zero-order valence-corrected chi connectivity index (χ0v) is 19.5. The molecule has 7 aromatic rings. The minimum Gasteiger partial charge on any atom is -0.464 e. The van der Waals surface area contributed by atoms with Crippen molar-refractivity contribution in [2.24, 2.45) is 0 Å². The number of fused-ring (bicyclic) bond motifs is 2. The first-order chi connectivity index (χ1) is 17.9. The molecule has 7 rings (SSSR count). The van der Waals surface area contributed by atoms with E-state index in [1.165, 1.54) is 0 Å². The normalized spacial score (nSPS) is 11.3. The average Bonchev–Trinajstić information content (AvgIpc) is 3.55. The molecule has 0 unspecified atom stereocenters. The van der Waals surface area contributed by atoms with Crippen LogP contribution < -0.4 is 0 Å². The van der Waals surface area contributed by atoms with Crippen molar-refractivity contribution in [3.8, 4) is 39.3 Å². The lowest BCUT2D eigenvalue weighted by Gasteiger charge is -2.19. The molecule has 0 fully saturated rings. The van der Waals surface area contributed by atoms with Gasteiger partial charge in [0.15, 0.2) is 0 Å². The van der Waals surface area contributed by atoms with Gasteiger partial charge in [0.25, 0.3) is 0 Å². The summed E-state index contributed by atoms with van der Waals surface area (Å²) >= 11 is 0. The summed E-state index contributed by atoms with van der Waals surface area (Å²) in [5, 5.41) is 1.05. The molecule has 3 heteroatoms. The Hall–Kier alpha value is -4.89. The summed E-state index contributed by atoms with van der Waals surface area (Å²) in [7, 11) is 0. The molecule has 0 saturated carbocycles. The zero-order valence-electron chi connectivity index (χ0n) is 19.5. The summed E-state index contributed by atoms with van der Waals surface area (Å²) in [4.78, 5) is 5.15. The Labute approximate surface area is 208 Å². The van der Waals surface area contributed by atoms with Crippen LogP contribution in [-0.4, -0.2) is 9.55 Å². The van der Waals surface area contributed by atoms with Crippen molar-refractivity contribution in [2.75, 3.05) is 0 Å². The van der Waals surface area contributed by atoms with E-state index < -0.39 is 0 Å².